The largest absolute Gasteiger partial charge is 0.503 e. The molecule has 1 N–H and O–H groups in total. The van der Waals surface area contributed by atoms with Crippen LogP contribution >= 0.6 is 15.9 Å². The maximum absolute atomic E-state index is 12.7. The maximum Gasteiger partial charge on any atom is 0.187 e. The number of phenolic OH excluding ortho intramolecular Hbond substituents is 1. The molecule has 0 unspecified atom stereocenters. The normalized spacial score (nSPS) is 9.15. The van der Waals surface area contributed by atoms with Crippen LogP contribution < -0.4 is 0 Å². The van der Waals surface area contributed by atoms with Crippen LogP contribution in [0.25, 0.3) is 0 Å². The molecular weight excluding hydrogens is 242 g/mol. The Morgan fingerprint density at radius 2 is 1.85 bits per heavy atom. The standard InChI is InChI=1S/C9H5BrF2O/c10-3-1-2-6-4-7(11)9(13)8(12)5-6/h4-5,13H,3H2. The van der Waals surface area contributed by atoms with Gasteiger partial charge in [-0.2, -0.15) is 0 Å². The second kappa shape index (κ2) is 4.24. The van der Waals surface area contributed by atoms with Gasteiger partial charge in [0, 0.05) is 5.56 Å². The molecule has 0 aliphatic rings. The molecule has 4 heteroatoms. The van der Waals surface area contributed by atoms with Crippen molar-refractivity contribution in [3.63, 3.8) is 0 Å². The summed E-state index contributed by atoms with van der Waals surface area (Å²) in [6.07, 6.45) is 0. The molecule has 0 saturated carbocycles. The number of halogens is 3. The molecule has 0 amide bonds. The summed E-state index contributed by atoms with van der Waals surface area (Å²) in [5.74, 6) is 2.14. The van der Waals surface area contributed by atoms with Crippen LogP contribution in [0.4, 0.5) is 8.78 Å². The first-order valence-corrected chi connectivity index (χ1v) is 4.50. The molecule has 0 aliphatic carbocycles. The fraction of sp³-hybridized carbons (Fsp3) is 0.111. The minimum atomic E-state index is -1.00. The van der Waals surface area contributed by atoms with Gasteiger partial charge in [0.15, 0.2) is 17.4 Å². The van der Waals surface area contributed by atoms with Gasteiger partial charge >= 0.3 is 0 Å². The summed E-state index contributed by atoms with van der Waals surface area (Å²) in [6, 6.07) is 1.96. The van der Waals surface area contributed by atoms with Gasteiger partial charge in [0.25, 0.3) is 0 Å². The molecule has 0 aliphatic heterocycles. The van der Waals surface area contributed by atoms with Crippen molar-refractivity contribution >= 4 is 15.9 Å². The zero-order valence-electron chi connectivity index (χ0n) is 6.44. The molecule has 0 fully saturated rings. The Labute approximate surface area is 82.5 Å². The van der Waals surface area contributed by atoms with Gasteiger partial charge < -0.3 is 5.11 Å². The molecule has 0 radical (unpaired) electrons. The zero-order chi connectivity index (χ0) is 9.84. The molecule has 0 aromatic heterocycles. The third-order valence-electron chi connectivity index (χ3n) is 1.32. The Morgan fingerprint density at radius 1 is 1.31 bits per heavy atom. The predicted molar refractivity (Wildman–Crippen MR) is 48.7 cm³/mol. The molecule has 68 valence electrons. The molecule has 13 heavy (non-hydrogen) atoms. The molecule has 1 aromatic rings. The highest BCUT2D eigenvalue weighted by Gasteiger charge is 2.07. The van der Waals surface area contributed by atoms with E-state index in [1.165, 1.54) is 0 Å². The molecular formula is C9H5BrF2O. The smallest absolute Gasteiger partial charge is 0.187 e. The van der Waals surface area contributed by atoms with E-state index >= 15 is 0 Å². The number of benzene rings is 1. The molecule has 1 nitrogen and oxygen atoms in total. The lowest BCUT2D eigenvalue weighted by Gasteiger charge is -1.97. The summed E-state index contributed by atoms with van der Waals surface area (Å²) in [6.45, 7) is 0. The van der Waals surface area contributed by atoms with Crippen LogP contribution in [-0.2, 0) is 0 Å². The lowest BCUT2D eigenvalue weighted by atomic mass is 10.2. The number of alkyl halides is 1. The van der Waals surface area contributed by atoms with Crippen molar-refractivity contribution < 1.29 is 13.9 Å². The first kappa shape index (κ1) is 10.0. The van der Waals surface area contributed by atoms with Crippen LogP contribution in [0.1, 0.15) is 5.56 Å². The van der Waals surface area contributed by atoms with Gasteiger partial charge in [0.05, 0.1) is 5.33 Å². The van der Waals surface area contributed by atoms with Gasteiger partial charge in [-0.25, -0.2) is 8.78 Å². The summed E-state index contributed by atoms with van der Waals surface area (Å²) < 4.78 is 25.4. The number of aromatic hydroxyl groups is 1. The number of rotatable bonds is 0. The quantitative estimate of drug-likeness (QED) is 0.551. The highest BCUT2D eigenvalue weighted by molar-refractivity contribution is 9.09. The molecule has 0 saturated heterocycles. The van der Waals surface area contributed by atoms with E-state index in [1.807, 2.05) is 0 Å². The van der Waals surface area contributed by atoms with Crippen LogP contribution in [0.3, 0.4) is 0 Å². The Morgan fingerprint density at radius 3 is 2.31 bits per heavy atom. The average Bonchev–Trinajstić information content (AvgIpc) is 2.10. The van der Waals surface area contributed by atoms with E-state index in [-0.39, 0.29) is 5.56 Å². The second-order valence-corrected chi connectivity index (χ2v) is 2.78. The molecule has 0 bridgehead atoms. The first-order chi connectivity index (χ1) is 6.15. The van der Waals surface area contributed by atoms with Gasteiger partial charge in [-0.05, 0) is 12.1 Å². The lowest BCUT2D eigenvalue weighted by Crippen LogP contribution is -1.85. The van der Waals surface area contributed by atoms with E-state index in [0.29, 0.717) is 5.33 Å². The SMILES string of the molecule is Oc1c(F)cc(C#CCBr)cc1F. The van der Waals surface area contributed by atoms with E-state index < -0.39 is 17.4 Å². The fourth-order valence-corrected chi connectivity index (χ4v) is 0.913. The highest BCUT2D eigenvalue weighted by Crippen LogP contribution is 2.20. The number of phenols is 1. The molecule has 0 spiro atoms. The summed E-state index contributed by atoms with van der Waals surface area (Å²) in [5.41, 5.74) is 0.201. The number of hydrogen-bond donors (Lipinski definition) is 1. The minimum absolute atomic E-state index is 0.201. The fourth-order valence-electron chi connectivity index (χ4n) is 0.773. The topological polar surface area (TPSA) is 20.2 Å². The lowest BCUT2D eigenvalue weighted by molar-refractivity contribution is 0.396. The van der Waals surface area contributed by atoms with Gasteiger partial charge in [0.1, 0.15) is 0 Å². The molecule has 0 atom stereocenters. The molecule has 1 rings (SSSR count). The van der Waals surface area contributed by atoms with Crippen LogP contribution in [0.15, 0.2) is 12.1 Å². The van der Waals surface area contributed by atoms with Crippen LogP contribution in [0, 0.1) is 23.5 Å². The van der Waals surface area contributed by atoms with Crippen molar-refractivity contribution in [1.82, 2.24) is 0 Å². The van der Waals surface area contributed by atoms with E-state index in [1.54, 1.807) is 0 Å². The molecule has 0 heterocycles. The van der Waals surface area contributed by atoms with Gasteiger partial charge in [-0.3, -0.25) is 0 Å². The third kappa shape index (κ3) is 2.43. The Bertz CT molecular complexity index is 356. The summed E-state index contributed by atoms with van der Waals surface area (Å²) >= 11 is 3.05. The van der Waals surface area contributed by atoms with Gasteiger partial charge in [-0.15, -0.1) is 0 Å². The number of hydrogen-bond acceptors (Lipinski definition) is 1. The van der Waals surface area contributed by atoms with Crippen LogP contribution in [0.2, 0.25) is 0 Å². The Balaban J connectivity index is 3.13. The van der Waals surface area contributed by atoms with Crippen molar-refractivity contribution in [1.29, 1.82) is 0 Å². The van der Waals surface area contributed by atoms with Crippen LogP contribution in [-0.4, -0.2) is 10.4 Å². The average molecular weight is 247 g/mol. The summed E-state index contributed by atoms with van der Waals surface area (Å²) in [7, 11) is 0. The third-order valence-corrected chi connectivity index (χ3v) is 1.60. The first-order valence-electron chi connectivity index (χ1n) is 3.38. The van der Waals surface area contributed by atoms with Gasteiger partial charge in [0.2, 0.25) is 0 Å². The Kier molecular flexibility index (Phi) is 3.26. The van der Waals surface area contributed by atoms with Gasteiger partial charge in [-0.1, -0.05) is 27.8 Å². The van der Waals surface area contributed by atoms with Crippen molar-refractivity contribution in [2.75, 3.05) is 5.33 Å². The van der Waals surface area contributed by atoms with Crippen LogP contribution in [0.5, 0.6) is 5.75 Å². The van der Waals surface area contributed by atoms with E-state index in [2.05, 4.69) is 27.8 Å². The van der Waals surface area contributed by atoms with Crippen molar-refractivity contribution in [2.24, 2.45) is 0 Å². The zero-order valence-corrected chi connectivity index (χ0v) is 8.03. The van der Waals surface area contributed by atoms with E-state index in [0.717, 1.165) is 12.1 Å². The summed E-state index contributed by atoms with van der Waals surface area (Å²) in [4.78, 5) is 0. The van der Waals surface area contributed by atoms with Crippen molar-refractivity contribution in [3.8, 4) is 17.6 Å². The minimum Gasteiger partial charge on any atom is -0.503 e. The van der Waals surface area contributed by atoms with E-state index in [4.69, 9.17) is 5.11 Å². The van der Waals surface area contributed by atoms with Crippen molar-refractivity contribution in [3.05, 3.63) is 29.3 Å². The monoisotopic (exact) mass is 246 g/mol. The predicted octanol–water partition coefficient (Wildman–Crippen LogP) is 2.42. The Hall–Kier alpha value is -1.08. The summed E-state index contributed by atoms with van der Waals surface area (Å²) in [5, 5.41) is 9.18. The second-order valence-electron chi connectivity index (χ2n) is 2.22. The van der Waals surface area contributed by atoms with Crippen molar-refractivity contribution in [2.45, 2.75) is 0 Å². The van der Waals surface area contributed by atoms with E-state index in [9.17, 15) is 8.78 Å². The highest BCUT2D eigenvalue weighted by atomic mass is 79.9. The maximum atomic E-state index is 12.7. The molecule has 1 aromatic carbocycles.